The Morgan fingerprint density at radius 1 is 1.45 bits per heavy atom. The Hall–Kier alpha value is -1.56. The fourth-order valence-electron chi connectivity index (χ4n) is 2.46. The molecule has 1 aromatic rings. The van der Waals surface area contributed by atoms with Gasteiger partial charge >= 0.3 is 0 Å². The van der Waals surface area contributed by atoms with Crippen LogP contribution in [0.15, 0.2) is 30.9 Å². The van der Waals surface area contributed by atoms with E-state index in [2.05, 4.69) is 11.9 Å². The van der Waals surface area contributed by atoms with Crippen molar-refractivity contribution in [2.45, 2.75) is 6.42 Å². The first kappa shape index (κ1) is 16.8. The number of nitrogens with one attached hydrogen (secondary N) is 1. The van der Waals surface area contributed by atoms with Gasteiger partial charge < -0.3 is 10.2 Å². The molecule has 6 heteroatoms. The van der Waals surface area contributed by atoms with Crippen LogP contribution in [0, 0.1) is 17.6 Å². The molecule has 2 rings (SSSR count). The maximum Gasteiger partial charge on any atom is 0.230 e. The minimum absolute atomic E-state index is 0.0260. The van der Waals surface area contributed by atoms with E-state index in [1.165, 1.54) is 17.8 Å². The van der Waals surface area contributed by atoms with Crippen LogP contribution in [0.5, 0.6) is 0 Å². The van der Waals surface area contributed by atoms with Crippen LogP contribution in [-0.2, 0) is 4.79 Å². The van der Waals surface area contributed by atoms with E-state index in [1.807, 2.05) is 4.90 Å². The molecule has 1 heterocycles. The number of amides is 1. The third-order valence-corrected chi connectivity index (χ3v) is 4.55. The van der Waals surface area contributed by atoms with Gasteiger partial charge in [-0.05, 0) is 24.5 Å². The second-order valence-corrected chi connectivity index (χ2v) is 6.34. The number of rotatable bonds is 7. The number of halogens is 2. The Balaban J connectivity index is 1.76. The van der Waals surface area contributed by atoms with Gasteiger partial charge in [-0.1, -0.05) is 6.08 Å². The Morgan fingerprint density at radius 3 is 3.00 bits per heavy atom. The minimum Gasteiger partial charge on any atom is -0.371 e. The van der Waals surface area contributed by atoms with Crippen LogP contribution in [0.4, 0.5) is 14.5 Å². The summed E-state index contributed by atoms with van der Waals surface area (Å²) in [7, 11) is 0. The van der Waals surface area contributed by atoms with Crippen LogP contribution in [0.25, 0.3) is 0 Å². The number of hydrogen-bond donors (Lipinski definition) is 1. The summed E-state index contributed by atoms with van der Waals surface area (Å²) in [5.74, 6) is -0.0938. The van der Waals surface area contributed by atoms with Crippen LogP contribution >= 0.6 is 11.8 Å². The highest BCUT2D eigenvalue weighted by Gasteiger charge is 2.23. The fraction of sp³-hybridized carbons (Fsp3) is 0.438. The van der Waals surface area contributed by atoms with Crippen molar-refractivity contribution in [3.05, 3.63) is 42.5 Å². The van der Waals surface area contributed by atoms with E-state index in [1.54, 1.807) is 12.1 Å². The van der Waals surface area contributed by atoms with Crippen molar-refractivity contribution in [2.24, 2.45) is 5.92 Å². The zero-order chi connectivity index (χ0) is 15.9. The van der Waals surface area contributed by atoms with E-state index < -0.39 is 11.6 Å². The van der Waals surface area contributed by atoms with E-state index in [-0.39, 0.29) is 5.91 Å². The number of hydrogen-bond acceptors (Lipinski definition) is 3. The molecule has 120 valence electrons. The summed E-state index contributed by atoms with van der Waals surface area (Å²) in [6, 6.07) is 3.96. The van der Waals surface area contributed by atoms with Crippen molar-refractivity contribution < 1.29 is 13.6 Å². The molecule has 1 N–H and O–H groups in total. The molecule has 0 aliphatic carbocycles. The smallest absolute Gasteiger partial charge is 0.230 e. The summed E-state index contributed by atoms with van der Waals surface area (Å²) >= 11 is 1.53. The molecule has 0 bridgehead atoms. The summed E-state index contributed by atoms with van der Waals surface area (Å²) in [4.78, 5) is 13.7. The molecule has 1 atom stereocenters. The van der Waals surface area contributed by atoms with Gasteiger partial charge in [0.2, 0.25) is 5.91 Å². The quantitative estimate of drug-likeness (QED) is 0.618. The van der Waals surface area contributed by atoms with Crippen molar-refractivity contribution in [3.8, 4) is 0 Å². The number of nitrogens with zero attached hydrogens (tertiary/aromatic N) is 1. The lowest BCUT2D eigenvalue weighted by atomic mass is 10.1. The molecule has 1 saturated heterocycles. The largest absolute Gasteiger partial charge is 0.371 e. The second kappa shape index (κ2) is 8.17. The van der Waals surface area contributed by atoms with Gasteiger partial charge in [-0.25, -0.2) is 8.78 Å². The van der Waals surface area contributed by atoms with Gasteiger partial charge in [0, 0.05) is 37.1 Å². The van der Waals surface area contributed by atoms with Crippen LogP contribution in [0.3, 0.4) is 0 Å². The van der Waals surface area contributed by atoms with E-state index >= 15 is 0 Å². The summed E-state index contributed by atoms with van der Waals surface area (Å²) in [6.45, 7) is 5.76. The number of anilines is 1. The lowest BCUT2D eigenvalue weighted by molar-refractivity contribution is -0.118. The molecule has 3 nitrogen and oxygen atoms in total. The highest BCUT2D eigenvalue weighted by Crippen LogP contribution is 2.24. The summed E-state index contributed by atoms with van der Waals surface area (Å²) in [5.41, 5.74) is 0.689. The predicted octanol–water partition coefficient (Wildman–Crippen LogP) is 2.83. The van der Waals surface area contributed by atoms with Gasteiger partial charge in [-0.15, -0.1) is 18.3 Å². The van der Waals surface area contributed by atoms with Gasteiger partial charge in [0.15, 0.2) is 11.6 Å². The summed E-state index contributed by atoms with van der Waals surface area (Å²) in [6.07, 6.45) is 2.70. The van der Waals surface area contributed by atoms with Crippen LogP contribution in [-0.4, -0.2) is 37.0 Å². The molecule has 1 aliphatic rings. The molecule has 0 radical (unpaired) electrons. The number of thioether (sulfide) groups is 1. The summed E-state index contributed by atoms with van der Waals surface area (Å²) in [5, 5.41) is 2.92. The second-order valence-electron chi connectivity index (χ2n) is 5.31. The Labute approximate surface area is 133 Å². The van der Waals surface area contributed by atoms with Gasteiger partial charge in [-0.3, -0.25) is 4.79 Å². The third-order valence-electron chi connectivity index (χ3n) is 3.61. The van der Waals surface area contributed by atoms with Gasteiger partial charge in [0.25, 0.3) is 0 Å². The highest BCUT2D eigenvalue weighted by molar-refractivity contribution is 8.00. The first-order valence-corrected chi connectivity index (χ1v) is 8.41. The molecule has 0 unspecified atom stereocenters. The lowest BCUT2D eigenvalue weighted by Gasteiger charge is -2.19. The Bertz CT molecular complexity index is 539. The molecule has 1 fully saturated rings. The van der Waals surface area contributed by atoms with Gasteiger partial charge in [0.05, 0.1) is 5.75 Å². The minimum atomic E-state index is -0.830. The summed E-state index contributed by atoms with van der Waals surface area (Å²) < 4.78 is 26.2. The molecule has 0 spiro atoms. The zero-order valence-corrected chi connectivity index (χ0v) is 13.2. The predicted molar refractivity (Wildman–Crippen MR) is 87.2 cm³/mol. The maximum atomic E-state index is 13.3. The van der Waals surface area contributed by atoms with Crippen molar-refractivity contribution >= 4 is 23.4 Å². The Morgan fingerprint density at radius 2 is 2.27 bits per heavy atom. The van der Waals surface area contributed by atoms with Crippen molar-refractivity contribution in [3.63, 3.8) is 0 Å². The van der Waals surface area contributed by atoms with Crippen molar-refractivity contribution in [1.29, 1.82) is 0 Å². The number of benzene rings is 1. The van der Waals surface area contributed by atoms with Crippen LogP contribution in [0.1, 0.15) is 6.42 Å². The first-order valence-electron chi connectivity index (χ1n) is 7.25. The number of carbonyl (C=O) groups excluding carboxylic acids is 1. The highest BCUT2D eigenvalue weighted by atomic mass is 32.2. The molecule has 1 aliphatic heterocycles. The molecular weight excluding hydrogens is 306 g/mol. The zero-order valence-electron chi connectivity index (χ0n) is 12.4. The standard InChI is InChI=1S/C16H20F2N2OS/c1-2-7-22-11-16(21)19-9-12-5-6-20(10-12)13-3-4-14(17)15(18)8-13/h2-4,8,12H,1,5-7,9-11H2,(H,19,21)/t12-/m0/s1. The molecule has 1 aromatic carbocycles. The molecule has 0 aromatic heterocycles. The average Bonchev–Trinajstić information content (AvgIpc) is 2.97. The lowest BCUT2D eigenvalue weighted by Crippen LogP contribution is -2.32. The topological polar surface area (TPSA) is 32.3 Å². The molecule has 0 saturated carbocycles. The van der Waals surface area contributed by atoms with Gasteiger partial charge in [0.1, 0.15) is 0 Å². The normalized spacial score (nSPS) is 17.5. The fourth-order valence-corrected chi connectivity index (χ4v) is 3.03. The number of carbonyl (C=O) groups is 1. The van der Waals surface area contributed by atoms with E-state index in [4.69, 9.17) is 0 Å². The SMILES string of the molecule is C=CCSCC(=O)NC[C@@H]1CCN(c2ccc(F)c(F)c2)C1. The Kier molecular flexibility index (Phi) is 6.24. The molecular formula is C16H20F2N2OS. The van der Waals surface area contributed by atoms with Crippen molar-refractivity contribution in [1.82, 2.24) is 5.32 Å². The molecule has 22 heavy (non-hydrogen) atoms. The van der Waals surface area contributed by atoms with Crippen molar-refractivity contribution in [2.75, 3.05) is 36.0 Å². The van der Waals surface area contributed by atoms with Crippen LogP contribution in [0.2, 0.25) is 0 Å². The first-order chi connectivity index (χ1) is 10.6. The third kappa shape index (κ3) is 4.73. The van der Waals surface area contributed by atoms with Crippen LogP contribution < -0.4 is 10.2 Å². The van der Waals surface area contributed by atoms with E-state index in [0.717, 1.165) is 31.3 Å². The van der Waals surface area contributed by atoms with E-state index in [9.17, 15) is 13.6 Å². The van der Waals surface area contributed by atoms with Gasteiger partial charge in [-0.2, -0.15) is 0 Å². The average molecular weight is 326 g/mol. The molecule has 1 amide bonds. The monoisotopic (exact) mass is 326 g/mol. The van der Waals surface area contributed by atoms with E-state index in [0.29, 0.717) is 23.9 Å². The maximum absolute atomic E-state index is 13.3.